The van der Waals surface area contributed by atoms with Crippen LogP contribution in [-0.4, -0.2) is 51.8 Å². The first kappa shape index (κ1) is 24.3. The van der Waals surface area contributed by atoms with Crippen LogP contribution in [0.1, 0.15) is 20.8 Å². The lowest BCUT2D eigenvalue weighted by atomic mass is 10.2. The predicted octanol–water partition coefficient (Wildman–Crippen LogP) is 2.02. The van der Waals surface area contributed by atoms with Crippen LogP contribution in [0.3, 0.4) is 0 Å². The van der Waals surface area contributed by atoms with Gasteiger partial charge in [0.05, 0.1) is 13.7 Å². The van der Waals surface area contributed by atoms with Crippen molar-refractivity contribution in [2.45, 2.75) is 26.9 Å². The largest absolute Gasteiger partial charge is 0.497 e. The van der Waals surface area contributed by atoms with Gasteiger partial charge >= 0.3 is 0 Å². The van der Waals surface area contributed by atoms with E-state index >= 15 is 0 Å². The van der Waals surface area contributed by atoms with Gasteiger partial charge in [0.15, 0.2) is 5.96 Å². The average molecular weight is 478 g/mol. The molecule has 0 bridgehead atoms. The van der Waals surface area contributed by atoms with Crippen molar-refractivity contribution in [3.8, 4) is 11.5 Å². The maximum Gasteiger partial charge on any atom is 0.222 e. The van der Waals surface area contributed by atoms with E-state index in [-0.39, 0.29) is 41.9 Å². The summed E-state index contributed by atoms with van der Waals surface area (Å²) in [5.74, 6) is 2.23. The van der Waals surface area contributed by atoms with E-state index in [1.165, 1.54) is 0 Å². The van der Waals surface area contributed by atoms with Gasteiger partial charge in [-0.3, -0.25) is 9.79 Å². The fraction of sp³-hybridized carbons (Fsp3) is 0.556. The lowest BCUT2D eigenvalue weighted by Crippen LogP contribution is -2.44. The minimum atomic E-state index is -0.0497. The topological polar surface area (TPSA) is 84.0 Å². The zero-order valence-electron chi connectivity index (χ0n) is 16.2. The number of nitrogens with zero attached hydrogens (tertiary/aromatic N) is 1. The van der Waals surface area contributed by atoms with Gasteiger partial charge in [-0.25, -0.2) is 0 Å². The Balaban J connectivity index is 0.00000625. The van der Waals surface area contributed by atoms with Crippen LogP contribution in [0.25, 0.3) is 0 Å². The molecule has 0 aliphatic rings. The first-order valence-electron chi connectivity index (χ1n) is 8.49. The van der Waals surface area contributed by atoms with Gasteiger partial charge in [-0.1, -0.05) is 19.9 Å². The molecule has 1 amide bonds. The van der Waals surface area contributed by atoms with E-state index in [2.05, 4.69) is 20.9 Å². The minimum absolute atomic E-state index is 0. The summed E-state index contributed by atoms with van der Waals surface area (Å²) in [6.07, 6.45) is -0.0497. The molecule has 0 fully saturated rings. The van der Waals surface area contributed by atoms with Crippen LogP contribution in [0.4, 0.5) is 0 Å². The zero-order chi connectivity index (χ0) is 18.7. The van der Waals surface area contributed by atoms with E-state index in [0.29, 0.717) is 25.6 Å². The van der Waals surface area contributed by atoms with Crippen molar-refractivity contribution in [2.75, 3.05) is 33.8 Å². The number of rotatable bonds is 9. The Kier molecular flexibility index (Phi) is 12.6. The Bertz CT molecular complexity index is 567. The summed E-state index contributed by atoms with van der Waals surface area (Å²) >= 11 is 0. The first-order valence-corrected chi connectivity index (χ1v) is 8.49. The van der Waals surface area contributed by atoms with E-state index < -0.39 is 0 Å². The highest BCUT2D eigenvalue weighted by Crippen LogP contribution is 2.19. The second-order valence-corrected chi connectivity index (χ2v) is 5.93. The van der Waals surface area contributed by atoms with Crippen molar-refractivity contribution in [2.24, 2.45) is 10.9 Å². The van der Waals surface area contributed by atoms with Gasteiger partial charge in [-0.15, -0.1) is 24.0 Å². The standard InChI is InChI=1S/C18H30N4O3.HI/c1-13(2)17(23)20-9-10-21-18(19-4)22-12-14(3)25-16-8-6-7-15(11-16)24-5;/h6-8,11,13-14H,9-10,12H2,1-5H3,(H,20,23)(H2,19,21,22);1H. The van der Waals surface area contributed by atoms with Crippen molar-refractivity contribution in [3.63, 3.8) is 0 Å². The number of hydrogen-bond acceptors (Lipinski definition) is 4. The van der Waals surface area contributed by atoms with Crippen LogP contribution in [0.2, 0.25) is 0 Å². The van der Waals surface area contributed by atoms with Gasteiger partial charge in [0, 0.05) is 32.1 Å². The van der Waals surface area contributed by atoms with Crippen molar-refractivity contribution in [1.29, 1.82) is 0 Å². The van der Waals surface area contributed by atoms with Crippen molar-refractivity contribution < 1.29 is 14.3 Å². The molecule has 0 aliphatic heterocycles. The summed E-state index contributed by atoms with van der Waals surface area (Å²) in [6.45, 7) is 7.45. The van der Waals surface area contributed by atoms with Crippen LogP contribution in [0.15, 0.2) is 29.3 Å². The number of halogens is 1. The summed E-state index contributed by atoms with van der Waals surface area (Å²) in [5, 5.41) is 9.20. The van der Waals surface area contributed by atoms with E-state index in [9.17, 15) is 4.79 Å². The molecule has 8 heteroatoms. The molecule has 1 aromatic carbocycles. The molecule has 148 valence electrons. The number of hydrogen-bond donors (Lipinski definition) is 3. The van der Waals surface area contributed by atoms with E-state index in [1.807, 2.05) is 45.0 Å². The normalized spacial score (nSPS) is 12.0. The molecule has 1 atom stereocenters. The number of benzene rings is 1. The Morgan fingerprint density at radius 1 is 1.12 bits per heavy atom. The molecular weight excluding hydrogens is 447 g/mol. The molecule has 0 aliphatic carbocycles. The summed E-state index contributed by atoms with van der Waals surface area (Å²) in [6, 6.07) is 7.50. The second kappa shape index (κ2) is 13.5. The molecule has 26 heavy (non-hydrogen) atoms. The molecule has 0 saturated carbocycles. The molecule has 0 heterocycles. The highest BCUT2D eigenvalue weighted by Gasteiger charge is 2.07. The van der Waals surface area contributed by atoms with Crippen molar-refractivity contribution >= 4 is 35.8 Å². The fourth-order valence-electron chi connectivity index (χ4n) is 1.98. The molecule has 1 rings (SSSR count). The SMILES string of the molecule is CN=C(NCCNC(=O)C(C)C)NCC(C)Oc1cccc(OC)c1.I. The molecule has 7 nitrogen and oxygen atoms in total. The summed E-state index contributed by atoms with van der Waals surface area (Å²) in [5.41, 5.74) is 0. The Labute approximate surface area is 173 Å². The predicted molar refractivity (Wildman–Crippen MR) is 116 cm³/mol. The van der Waals surface area contributed by atoms with Crippen molar-refractivity contribution in [3.05, 3.63) is 24.3 Å². The van der Waals surface area contributed by atoms with E-state index in [1.54, 1.807) is 14.2 Å². The summed E-state index contributed by atoms with van der Waals surface area (Å²) in [4.78, 5) is 15.6. The molecule has 1 aromatic rings. The smallest absolute Gasteiger partial charge is 0.222 e. The number of methoxy groups -OCH3 is 1. The lowest BCUT2D eigenvalue weighted by Gasteiger charge is -2.18. The second-order valence-electron chi connectivity index (χ2n) is 5.93. The highest BCUT2D eigenvalue weighted by atomic mass is 127. The molecule has 0 saturated heterocycles. The Hall–Kier alpha value is -1.71. The lowest BCUT2D eigenvalue weighted by molar-refractivity contribution is -0.123. The van der Waals surface area contributed by atoms with Crippen molar-refractivity contribution in [1.82, 2.24) is 16.0 Å². The van der Waals surface area contributed by atoms with Gasteiger partial charge < -0.3 is 25.4 Å². The summed E-state index contributed by atoms with van der Waals surface area (Å²) < 4.78 is 11.0. The number of carbonyl (C=O) groups is 1. The van der Waals surface area contributed by atoms with Crippen LogP contribution < -0.4 is 25.4 Å². The van der Waals surface area contributed by atoms with Gasteiger partial charge in [0.1, 0.15) is 17.6 Å². The Morgan fingerprint density at radius 2 is 1.77 bits per heavy atom. The van der Waals surface area contributed by atoms with Gasteiger partial charge in [0.2, 0.25) is 5.91 Å². The third-order valence-electron chi connectivity index (χ3n) is 3.40. The minimum Gasteiger partial charge on any atom is -0.497 e. The fourth-order valence-corrected chi connectivity index (χ4v) is 1.98. The molecule has 0 spiro atoms. The Morgan fingerprint density at radius 3 is 2.38 bits per heavy atom. The van der Waals surface area contributed by atoms with E-state index in [4.69, 9.17) is 9.47 Å². The number of carbonyl (C=O) groups excluding carboxylic acids is 1. The maximum absolute atomic E-state index is 11.5. The third-order valence-corrected chi connectivity index (χ3v) is 3.40. The summed E-state index contributed by atoms with van der Waals surface area (Å²) in [7, 11) is 3.33. The molecule has 0 aromatic heterocycles. The van der Waals surface area contributed by atoms with Crippen LogP contribution in [0, 0.1) is 5.92 Å². The van der Waals surface area contributed by atoms with Crippen LogP contribution >= 0.6 is 24.0 Å². The van der Waals surface area contributed by atoms with E-state index in [0.717, 1.165) is 11.5 Å². The maximum atomic E-state index is 11.5. The number of guanidine groups is 1. The molecule has 0 radical (unpaired) electrons. The highest BCUT2D eigenvalue weighted by molar-refractivity contribution is 14.0. The molecular formula is C18H31IN4O3. The average Bonchev–Trinajstić information content (AvgIpc) is 2.60. The molecule has 3 N–H and O–H groups in total. The van der Waals surface area contributed by atoms with Gasteiger partial charge in [0.25, 0.3) is 0 Å². The first-order chi connectivity index (χ1) is 12.0. The van der Waals surface area contributed by atoms with Crippen LogP contribution in [-0.2, 0) is 4.79 Å². The quantitative estimate of drug-likeness (QED) is 0.219. The third kappa shape index (κ3) is 9.69. The van der Waals surface area contributed by atoms with Gasteiger partial charge in [-0.2, -0.15) is 0 Å². The number of aliphatic imine (C=N–C) groups is 1. The van der Waals surface area contributed by atoms with Gasteiger partial charge in [-0.05, 0) is 19.1 Å². The number of ether oxygens (including phenoxy) is 2. The molecule has 1 unspecified atom stereocenters. The number of amides is 1. The van der Waals surface area contributed by atoms with Crippen LogP contribution in [0.5, 0.6) is 11.5 Å². The monoisotopic (exact) mass is 478 g/mol. The zero-order valence-corrected chi connectivity index (χ0v) is 18.5. The number of nitrogens with one attached hydrogen (secondary N) is 3.